The van der Waals surface area contributed by atoms with Crippen molar-refractivity contribution in [2.24, 2.45) is 0 Å². The van der Waals surface area contributed by atoms with Crippen molar-refractivity contribution in [3.8, 4) is 0 Å². The second kappa shape index (κ2) is 9.04. The van der Waals surface area contributed by atoms with Crippen molar-refractivity contribution >= 4 is 37.0 Å². The molecular weight excluding hydrogens is 239 g/mol. The SMILES string of the molecule is Clc1ccccc1.[Cl-].[Mg+][c]1ccccc1. The molecule has 0 fully saturated rings. The van der Waals surface area contributed by atoms with Gasteiger partial charge in [-0.2, -0.15) is 0 Å². The summed E-state index contributed by atoms with van der Waals surface area (Å²) in [6.07, 6.45) is 0. The Bertz CT molecular complexity index is 311. The van der Waals surface area contributed by atoms with Gasteiger partial charge in [-0.15, -0.1) is 0 Å². The van der Waals surface area contributed by atoms with E-state index in [4.69, 9.17) is 11.6 Å². The molecule has 0 N–H and O–H groups in total. The van der Waals surface area contributed by atoms with Gasteiger partial charge in [-0.1, -0.05) is 29.8 Å². The molecule has 2 rings (SSSR count). The Morgan fingerprint density at radius 1 is 0.733 bits per heavy atom. The molecule has 0 saturated carbocycles. The third-order valence-electron chi connectivity index (χ3n) is 1.58. The topological polar surface area (TPSA) is 0 Å². The molecule has 15 heavy (non-hydrogen) atoms. The van der Waals surface area contributed by atoms with E-state index in [1.165, 1.54) is 3.69 Å². The summed E-state index contributed by atoms with van der Waals surface area (Å²) in [5.74, 6) is 0. The summed E-state index contributed by atoms with van der Waals surface area (Å²) in [5.41, 5.74) is 0. The quantitative estimate of drug-likeness (QED) is 0.569. The van der Waals surface area contributed by atoms with E-state index in [9.17, 15) is 0 Å². The summed E-state index contributed by atoms with van der Waals surface area (Å²) < 4.78 is 1.35. The van der Waals surface area contributed by atoms with Crippen molar-refractivity contribution in [3.63, 3.8) is 0 Å². The van der Waals surface area contributed by atoms with E-state index in [1.807, 2.05) is 70.2 Å². The van der Waals surface area contributed by atoms with E-state index >= 15 is 0 Å². The molecule has 0 saturated heterocycles. The number of rotatable bonds is 0. The van der Waals surface area contributed by atoms with Crippen LogP contribution >= 0.6 is 11.6 Å². The summed E-state index contributed by atoms with van der Waals surface area (Å²) in [7, 11) is 0. The summed E-state index contributed by atoms with van der Waals surface area (Å²) in [4.78, 5) is 0. The van der Waals surface area contributed by atoms with E-state index in [-0.39, 0.29) is 12.4 Å². The summed E-state index contributed by atoms with van der Waals surface area (Å²) in [6.45, 7) is 0. The first kappa shape index (κ1) is 14.8. The first-order chi connectivity index (χ1) is 6.79. The van der Waals surface area contributed by atoms with E-state index in [0.717, 1.165) is 5.02 Å². The fourth-order valence-electron chi connectivity index (χ4n) is 0.893. The molecule has 0 aliphatic heterocycles. The van der Waals surface area contributed by atoms with Gasteiger partial charge in [0.15, 0.2) is 0 Å². The molecule has 0 atom stereocenters. The summed E-state index contributed by atoms with van der Waals surface area (Å²) in [5, 5.41) is 0.794. The van der Waals surface area contributed by atoms with Gasteiger partial charge in [-0.25, -0.2) is 0 Å². The second-order valence-electron chi connectivity index (χ2n) is 2.78. The molecule has 0 aromatic heterocycles. The van der Waals surface area contributed by atoms with Crippen LogP contribution in [0.25, 0.3) is 0 Å². The van der Waals surface area contributed by atoms with Gasteiger partial charge in [-0.05, 0) is 12.1 Å². The van der Waals surface area contributed by atoms with Crippen LogP contribution in [0.15, 0.2) is 60.7 Å². The molecular formula is C12H10Cl2Mg. The van der Waals surface area contributed by atoms with E-state index in [2.05, 4.69) is 12.1 Å². The van der Waals surface area contributed by atoms with Gasteiger partial charge in [0.2, 0.25) is 0 Å². The van der Waals surface area contributed by atoms with Gasteiger partial charge in [-0.3, -0.25) is 0 Å². The molecule has 0 radical (unpaired) electrons. The van der Waals surface area contributed by atoms with Crippen molar-refractivity contribution in [1.82, 2.24) is 0 Å². The molecule has 0 bridgehead atoms. The van der Waals surface area contributed by atoms with Gasteiger partial charge in [0.05, 0.1) is 0 Å². The molecule has 0 aliphatic carbocycles. The van der Waals surface area contributed by atoms with Crippen LogP contribution in [0.4, 0.5) is 0 Å². The second-order valence-corrected chi connectivity index (χ2v) is 4.03. The fourth-order valence-corrected chi connectivity index (χ4v) is 1.31. The zero-order valence-corrected chi connectivity index (χ0v) is 11.2. The Kier molecular flexibility index (Phi) is 8.92. The van der Waals surface area contributed by atoms with E-state index < -0.39 is 0 Å². The minimum absolute atomic E-state index is 0. The molecule has 2 aromatic carbocycles. The van der Waals surface area contributed by atoms with Gasteiger partial charge in [0.1, 0.15) is 0 Å². The van der Waals surface area contributed by atoms with E-state index in [1.54, 1.807) is 0 Å². The molecule has 74 valence electrons. The zero-order valence-electron chi connectivity index (χ0n) is 8.24. The maximum absolute atomic E-state index is 5.54. The van der Waals surface area contributed by atoms with Gasteiger partial charge < -0.3 is 12.4 Å². The Morgan fingerprint density at radius 3 is 1.33 bits per heavy atom. The molecule has 0 aliphatic rings. The van der Waals surface area contributed by atoms with Crippen LogP contribution in [0, 0.1) is 0 Å². The van der Waals surface area contributed by atoms with Crippen LogP contribution in [-0.2, 0) is 0 Å². The molecule has 0 nitrogen and oxygen atoms in total. The van der Waals surface area contributed by atoms with Crippen molar-refractivity contribution in [3.05, 3.63) is 65.7 Å². The molecule has 0 amide bonds. The molecule has 0 unspecified atom stereocenters. The van der Waals surface area contributed by atoms with Gasteiger partial charge >= 0.3 is 55.7 Å². The van der Waals surface area contributed by atoms with E-state index in [0.29, 0.717) is 0 Å². The number of hydrogen-bond acceptors (Lipinski definition) is 0. The van der Waals surface area contributed by atoms with Crippen LogP contribution < -0.4 is 16.1 Å². The molecule has 0 heterocycles. The summed E-state index contributed by atoms with van der Waals surface area (Å²) >= 11 is 7.44. The van der Waals surface area contributed by atoms with Crippen molar-refractivity contribution < 1.29 is 12.4 Å². The average molecular weight is 249 g/mol. The van der Waals surface area contributed by atoms with Crippen LogP contribution in [-0.4, -0.2) is 21.7 Å². The predicted molar refractivity (Wildman–Crippen MR) is 63.3 cm³/mol. The maximum atomic E-state index is 5.54. The van der Waals surface area contributed by atoms with Gasteiger partial charge in [0.25, 0.3) is 0 Å². The number of benzene rings is 2. The van der Waals surface area contributed by atoms with Crippen LogP contribution in [0.2, 0.25) is 5.02 Å². The Morgan fingerprint density at radius 2 is 1.13 bits per heavy atom. The minimum atomic E-state index is 0. The average Bonchev–Trinajstić information content (AvgIpc) is 2.21. The third kappa shape index (κ3) is 7.68. The normalized spacial score (nSPS) is 8.20. The number of halogens is 2. The van der Waals surface area contributed by atoms with Crippen molar-refractivity contribution in [1.29, 1.82) is 0 Å². The third-order valence-corrected chi connectivity index (χ3v) is 2.30. The zero-order chi connectivity index (χ0) is 10.2. The molecule has 0 spiro atoms. The predicted octanol–water partition coefficient (Wildman–Crippen LogP) is -0.176. The van der Waals surface area contributed by atoms with Crippen molar-refractivity contribution in [2.75, 3.05) is 0 Å². The first-order valence-electron chi connectivity index (χ1n) is 4.36. The Hall–Kier alpha value is -0.214. The summed E-state index contributed by atoms with van der Waals surface area (Å²) in [6, 6.07) is 19.7. The fraction of sp³-hybridized carbons (Fsp3) is 0. The van der Waals surface area contributed by atoms with Crippen LogP contribution in [0.5, 0.6) is 0 Å². The van der Waals surface area contributed by atoms with Crippen LogP contribution in [0.1, 0.15) is 0 Å². The van der Waals surface area contributed by atoms with Gasteiger partial charge in [0, 0.05) is 5.02 Å². The Labute approximate surface area is 115 Å². The monoisotopic (exact) mass is 248 g/mol. The van der Waals surface area contributed by atoms with Crippen molar-refractivity contribution in [2.45, 2.75) is 0 Å². The standard InChI is InChI=1S/C6H5Cl.C6H5.ClH.Mg/c7-6-4-2-1-3-5-6;1-2-4-6-5-3-1;;/h1-5H;1-5H;1H;/q;;;+1/p-1. The number of hydrogen-bond donors (Lipinski definition) is 0. The van der Waals surface area contributed by atoms with Crippen LogP contribution in [0.3, 0.4) is 0 Å². The molecule has 2 aromatic rings. The Balaban J connectivity index is 0.000000245. The molecule has 3 heteroatoms. The first-order valence-corrected chi connectivity index (χ1v) is 5.45.